The van der Waals surface area contributed by atoms with Crippen molar-refractivity contribution in [3.05, 3.63) is 16.1 Å². The highest BCUT2D eigenvalue weighted by Crippen LogP contribution is 2.15. The summed E-state index contributed by atoms with van der Waals surface area (Å²) in [5.41, 5.74) is 5.60. The van der Waals surface area contributed by atoms with Crippen molar-refractivity contribution in [3.8, 4) is 0 Å². The molecule has 2 heterocycles. The minimum Gasteiger partial charge on any atom is -0.374 e. The van der Waals surface area contributed by atoms with Crippen molar-refractivity contribution < 1.29 is 4.74 Å². The SMILES string of the molecule is Cc1ncc(CN2CCOC(CN)C2)s1. The Kier molecular flexibility index (Phi) is 3.69. The van der Waals surface area contributed by atoms with Gasteiger partial charge in [-0.05, 0) is 6.92 Å². The summed E-state index contributed by atoms with van der Waals surface area (Å²) < 4.78 is 5.52. The van der Waals surface area contributed by atoms with E-state index in [1.54, 1.807) is 11.3 Å². The summed E-state index contributed by atoms with van der Waals surface area (Å²) in [5.74, 6) is 0. The van der Waals surface area contributed by atoms with Gasteiger partial charge >= 0.3 is 0 Å². The molecule has 1 aromatic rings. The number of aromatic nitrogens is 1. The molecule has 1 aromatic heterocycles. The highest BCUT2D eigenvalue weighted by molar-refractivity contribution is 7.11. The molecule has 1 fully saturated rings. The normalized spacial score (nSPS) is 23.2. The monoisotopic (exact) mass is 227 g/mol. The first-order valence-corrected chi connectivity index (χ1v) is 6.05. The summed E-state index contributed by atoms with van der Waals surface area (Å²) in [4.78, 5) is 7.96. The van der Waals surface area contributed by atoms with Crippen molar-refractivity contribution in [1.29, 1.82) is 0 Å². The molecule has 0 spiro atoms. The zero-order valence-corrected chi connectivity index (χ0v) is 9.80. The Balaban J connectivity index is 1.88. The van der Waals surface area contributed by atoms with Gasteiger partial charge in [0.1, 0.15) is 0 Å². The summed E-state index contributed by atoms with van der Waals surface area (Å²) in [6.45, 7) is 6.35. The number of morpholine rings is 1. The molecule has 0 radical (unpaired) electrons. The Hall–Kier alpha value is -0.490. The second-order valence-corrected chi connectivity index (χ2v) is 5.13. The number of hydrogen-bond acceptors (Lipinski definition) is 5. The largest absolute Gasteiger partial charge is 0.374 e. The molecule has 4 nitrogen and oxygen atoms in total. The summed E-state index contributed by atoms with van der Waals surface area (Å²) in [6.07, 6.45) is 2.17. The van der Waals surface area contributed by atoms with Crippen molar-refractivity contribution >= 4 is 11.3 Å². The van der Waals surface area contributed by atoms with E-state index in [-0.39, 0.29) is 6.10 Å². The zero-order valence-electron chi connectivity index (χ0n) is 8.98. The van der Waals surface area contributed by atoms with Crippen LogP contribution in [-0.2, 0) is 11.3 Å². The first kappa shape index (κ1) is 11.0. The van der Waals surface area contributed by atoms with Crippen molar-refractivity contribution in [2.24, 2.45) is 5.73 Å². The van der Waals surface area contributed by atoms with Gasteiger partial charge in [0.25, 0.3) is 0 Å². The lowest BCUT2D eigenvalue weighted by Gasteiger charge is -2.31. The van der Waals surface area contributed by atoms with Gasteiger partial charge in [-0.2, -0.15) is 0 Å². The van der Waals surface area contributed by atoms with E-state index in [4.69, 9.17) is 10.5 Å². The summed E-state index contributed by atoms with van der Waals surface area (Å²) in [5, 5.41) is 1.13. The Morgan fingerprint density at radius 2 is 2.60 bits per heavy atom. The van der Waals surface area contributed by atoms with Gasteiger partial charge in [-0.1, -0.05) is 0 Å². The summed E-state index contributed by atoms with van der Waals surface area (Å²) >= 11 is 1.77. The molecule has 0 aromatic carbocycles. The van der Waals surface area contributed by atoms with Crippen LogP contribution in [0.15, 0.2) is 6.20 Å². The molecule has 0 aliphatic carbocycles. The standard InChI is InChI=1S/C10H17N3OS/c1-8-12-5-10(15-8)7-13-2-3-14-9(4-11)6-13/h5,9H,2-4,6-7,11H2,1H3. The van der Waals surface area contributed by atoms with Crippen molar-refractivity contribution in [3.63, 3.8) is 0 Å². The molecular formula is C10H17N3OS. The maximum absolute atomic E-state index is 5.60. The van der Waals surface area contributed by atoms with Crippen molar-refractivity contribution in [1.82, 2.24) is 9.88 Å². The molecule has 1 aliphatic heterocycles. The van der Waals surface area contributed by atoms with E-state index in [1.807, 2.05) is 13.1 Å². The molecule has 2 rings (SSSR count). The van der Waals surface area contributed by atoms with Gasteiger partial charge in [0, 0.05) is 37.3 Å². The Morgan fingerprint density at radius 3 is 3.27 bits per heavy atom. The predicted octanol–water partition coefficient (Wildman–Crippen LogP) is 0.611. The first-order valence-electron chi connectivity index (χ1n) is 5.23. The molecular weight excluding hydrogens is 210 g/mol. The molecule has 1 atom stereocenters. The van der Waals surface area contributed by atoms with Gasteiger partial charge in [-0.3, -0.25) is 4.90 Å². The molecule has 1 aliphatic rings. The molecule has 15 heavy (non-hydrogen) atoms. The molecule has 1 unspecified atom stereocenters. The van der Waals surface area contributed by atoms with Gasteiger partial charge in [-0.25, -0.2) is 4.98 Å². The molecule has 84 valence electrons. The quantitative estimate of drug-likeness (QED) is 0.822. The van der Waals surface area contributed by atoms with Crippen LogP contribution in [0.2, 0.25) is 0 Å². The topological polar surface area (TPSA) is 51.4 Å². The van der Waals surface area contributed by atoms with E-state index in [0.29, 0.717) is 6.54 Å². The third-order valence-electron chi connectivity index (χ3n) is 2.53. The number of thiazole rings is 1. The Labute approximate surface area is 94.1 Å². The van der Waals surface area contributed by atoms with Crippen LogP contribution in [-0.4, -0.2) is 42.2 Å². The minimum absolute atomic E-state index is 0.202. The van der Waals surface area contributed by atoms with E-state index in [1.165, 1.54) is 4.88 Å². The number of rotatable bonds is 3. The van der Waals surface area contributed by atoms with E-state index in [2.05, 4.69) is 9.88 Å². The average molecular weight is 227 g/mol. The van der Waals surface area contributed by atoms with Gasteiger partial charge < -0.3 is 10.5 Å². The maximum Gasteiger partial charge on any atom is 0.0897 e. The Bertz CT molecular complexity index is 315. The minimum atomic E-state index is 0.202. The van der Waals surface area contributed by atoms with Gasteiger partial charge in [-0.15, -0.1) is 11.3 Å². The summed E-state index contributed by atoms with van der Waals surface area (Å²) in [7, 11) is 0. The van der Waals surface area contributed by atoms with E-state index in [0.717, 1.165) is 31.2 Å². The van der Waals surface area contributed by atoms with Crippen molar-refractivity contribution in [2.75, 3.05) is 26.2 Å². The molecule has 0 bridgehead atoms. The maximum atomic E-state index is 5.60. The second kappa shape index (κ2) is 5.03. The van der Waals surface area contributed by atoms with Crippen molar-refractivity contribution in [2.45, 2.75) is 19.6 Å². The number of nitrogens with zero attached hydrogens (tertiary/aromatic N) is 2. The van der Waals surface area contributed by atoms with Crippen LogP contribution < -0.4 is 5.73 Å². The number of hydrogen-bond donors (Lipinski definition) is 1. The van der Waals surface area contributed by atoms with Crippen LogP contribution in [0.1, 0.15) is 9.88 Å². The number of aryl methyl sites for hydroxylation is 1. The third kappa shape index (κ3) is 2.98. The summed E-state index contributed by atoms with van der Waals surface area (Å²) in [6, 6.07) is 0. The lowest BCUT2D eigenvalue weighted by Crippen LogP contribution is -2.44. The van der Waals surface area contributed by atoms with Crippen LogP contribution in [0.4, 0.5) is 0 Å². The van der Waals surface area contributed by atoms with Crippen LogP contribution in [0.5, 0.6) is 0 Å². The fraction of sp³-hybridized carbons (Fsp3) is 0.700. The predicted molar refractivity (Wildman–Crippen MR) is 60.9 cm³/mol. The lowest BCUT2D eigenvalue weighted by molar-refractivity contribution is -0.0257. The Morgan fingerprint density at radius 1 is 1.73 bits per heavy atom. The number of ether oxygens (including phenoxy) is 1. The lowest BCUT2D eigenvalue weighted by atomic mass is 10.2. The first-order chi connectivity index (χ1) is 7.28. The van der Waals surface area contributed by atoms with Crippen LogP contribution in [0.25, 0.3) is 0 Å². The van der Waals surface area contributed by atoms with Crippen LogP contribution in [0, 0.1) is 6.92 Å². The fourth-order valence-electron chi connectivity index (χ4n) is 1.77. The van der Waals surface area contributed by atoms with E-state index < -0.39 is 0 Å². The highest BCUT2D eigenvalue weighted by Gasteiger charge is 2.19. The van der Waals surface area contributed by atoms with E-state index in [9.17, 15) is 0 Å². The van der Waals surface area contributed by atoms with Crippen LogP contribution in [0.3, 0.4) is 0 Å². The smallest absolute Gasteiger partial charge is 0.0897 e. The van der Waals surface area contributed by atoms with Gasteiger partial charge in [0.15, 0.2) is 0 Å². The third-order valence-corrected chi connectivity index (χ3v) is 3.43. The van der Waals surface area contributed by atoms with Gasteiger partial charge in [0.05, 0.1) is 17.7 Å². The van der Waals surface area contributed by atoms with Crippen LogP contribution >= 0.6 is 11.3 Å². The molecule has 0 amide bonds. The molecule has 0 saturated carbocycles. The molecule has 2 N–H and O–H groups in total. The van der Waals surface area contributed by atoms with Gasteiger partial charge in [0.2, 0.25) is 0 Å². The number of nitrogens with two attached hydrogens (primary N) is 1. The highest BCUT2D eigenvalue weighted by atomic mass is 32.1. The van der Waals surface area contributed by atoms with E-state index >= 15 is 0 Å². The molecule has 1 saturated heterocycles. The average Bonchev–Trinajstić information content (AvgIpc) is 2.64. The molecule has 5 heteroatoms. The fourth-order valence-corrected chi connectivity index (χ4v) is 2.60. The zero-order chi connectivity index (χ0) is 10.7. The second-order valence-electron chi connectivity index (χ2n) is 3.81.